The van der Waals surface area contributed by atoms with E-state index in [1.165, 1.54) is 5.56 Å². The molecule has 0 aliphatic carbocycles. The first kappa shape index (κ1) is 17.5. The topological polar surface area (TPSA) is 38.1 Å². The molecule has 0 N–H and O–H groups in total. The normalized spacial score (nSPS) is 18.6. The molecule has 138 valence electrons. The summed E-state index contributed by atoms with van der Waals surface area (Å²) in [6.45, 7) is 6.08. The van der Waals surface area contributed by atoms with Crippen LogP contribution in [0.4, 0.5) is 0 Å². The SMILES string of the molecule is CC1(C)CN(C(=O)Cc2cnn(-c3ccccc3)c2)C[C@H]1c1ccccc1. The molecule has 1 aromatic heterocycles. The Morgan fingerprint density at radius 1 is 1.07 bits per heavy atom. The minimum absolute atomic E-state index is 0.0746. The van der Waals surface area contributed by atoms with E-state index in [9.17, 15) is 4.79 Å². The molecule has 4 rings (SSSR count). The van der Waals surface area contributed by atoms with Crippen LogP contribution in [0.5, 0.6) is 0 Å². The first-order chi connectivity index (χ1) is 13.0. The van der Waals surface area contributed by atoms with Gasteiger partial charge in [0.05, 0.1) is 18.3 Å². The maximum Gasteiger partial charge on any atom is 0.227 e. The number of carbonyl (C=O) groups excluding carboxylic acids is 1. The van der Waals surface area contributed by atoms with Gasteiger partial charge in [0.1, 0.15) is 0 Å². The van der Waals surface area contributed by atoms with E-state index < -0.39 is 0 Å². The van der Waals surface area contributed by atoms with Gasteiger partial charge in [-0.25, -0.2) is 4.68 Å². The lowest BCUT2D eigenvalue weighted by molar-refractivity contribution is -0.129. The molecule has 4 heteroatoms. The summed E-state index contributed by atoms with van der Waals surface area (Å²) in [6.07, 6.45) is 4.13. The van der Waals surface area contributed by atoms with Crippen LogP contribution in [0.25, 0.3) is 5.69 Å². The third-order valence-electron chi connectivity index (χ3n) is 5.51. The number of carbonyl (C=O) groups is 1. The number of amides is 1. The van der Waals surface area contributed by atoms with Crippen LogP contribution >= 0.6 is 0 Å². The zero-order valence-corrected chi connectivity index (χ0v) is 15.9. The van der Waals surface area contributed by atoms with Gasteiger partial charge in [-0.15, -0.1) is 0 Å². The van der Waals surface area contributed by atoms with Crippen molar-refractivity contribution in [1.82, 2.24) is 14.7 Å². The van der Waals surface area contributed by atoms with Crippen molar-refractivity contribution in [2.45, 2.75) is 26.2 Å². The highest BCUT2D eigenvalue weighted by Crippen LogP contribution is 2.42. The molecule has 1 atom stereocenters. The average Bonchev–Trinajstić information content (AvgIpc) is 3.27. The van der Waals surface area contributed by atoms with E-state index in [0.29, 0.717) is 12.3 Å². The zero-order chi connectivity index (χ0) is 18.9. The van der Waals surface area contributed by atoms with Gasteiger partial charge in [-0.3, -0.25) is 4.79 Å². The Bertz CT molecular complexity index is 915. The minimum atomic E-state index is 0.0746. The quantitative estimate of drug-likeness (QED) is 0.704. The van der Waals surface area contributed by atoms with E-state index in [1.807, 2.05) is 52.2 Å². The molecular formula is C23H25N3O. The van der Waals surface area contributed by atoms with Crippen molar-refractivity contribution in [3.63, 3.8) is 0 Å². The summed E-state index contributed by atoms with van der Waals surface area (Å²) in [5.41, 5.74) is 3.34. The van der Waals surface area contributed by atoms with Crippen LogP contribution in [0.1, 0.15) is 30.9 Å². The van der Waals surface area contributed by atoms with Gasteiger partial charge in [-0.2, -0.15) is 5.10 Å². The van der Waals surface area contributed by atoms with Crippen molar-refractivity contribution >= 4 is 5.91 Å². The molecule has 1 amide bonds. The van der Waals surface area contributed by atoms with Gasteiger partial charge in [0.2, 0.25) is 5.91 Å². The third-order valence-corrected chi connectivity index (χ3v) is 5.51. The number of aromatic nitrogens is 2. The second-order valence-corrected chi connectivity index (χ2v) is 8.03. The van der Waals surface area contributed by atoms with E-state index in [-0.39, 0.29) is 11.3 Å². The van der Waals surface area contributed by atoms with Crippen molar-refractivity contribution in [3.8, 4) is 5.69 Å². The average molecular weight is 359 g/mol. The molecule has 2 aromatic carbocycles. The highest BCUT2D eigenvalue weighted by molar-refractivity contribution is 5.79. The van der Waals surface area contributed by atoms with Crippen molar-refractivity contribution in [2.75, 3.05) is 13.1 Å². The fraction of sp³-hybridized carbons (Fsp3) is 0.304. The summed E-state index contributed by atoms with van der Waals surface area (Å²) < 4.78 is 1.82. The fourth-order valence-electron chi connectivity index (χ4n) is 4.03. The Morgan fingerprint density at radius 3 is 2.44 bits per heavy atom. The lowest BCUT2D eigenvalue weighted by atomic mass is 9.78. The van der Waals surface area contributed by atoms with Crippen LogP contribution in [0.15, 0.2) is 73.1 Å². The molecule has 0 saturated carbocycles. The van der Waals surface area contributed by atoms with Crippen LogP contribution in [0.2, 0.25) is 0 Å². The first-order valence-corrected chi connectivity index (χ1v) is 9.45. The van der Waals surface area contributed by atoms with Crippen LogP contribution < -0.4 is 0 Å². The van der Waals surface area contributed by atoms with Gasteiger partial charge in [-0.05, 0) is 28.7 Å². The van der Waals surface area contributed by atoms with Gasteiger partial charge in [0.15, 0.2) is 0 Å². The van der Waals surface area contributed by atoms with Crippen molar-refractivity contribution in [3.05, 3.63) is 84.2 Å². The standard InChI is InChI=1S/C23H25N3O/c1-23(2)17-25(16-21(23)19-9-5-3-6-10-19)22(27)13-18-14-24-26(15-18)20-11-7-4-8-12-20/h3-12,14-15,21H,13,16-17H2,1-2H3/t21-/m0/s1. The van der Waals surface area contributed by atoms with Gasteiger partial charge in [0, 0.05) is 25.2 Å². The predicted molar refractivity (Wildman–Crippen MR) is 107 cm³/mol. The molecular weight excluding hydrogens is 334 g/mol. The first-order valence-electron chi connectivity index (χ1n) is 9.45. The van der Waals surface area contributed by atoms with Gasteiger partial charge in [-0.1, -0.05) is 62.4 Å². The van der Waals surface area contributed by atoms with E-state index in [2.05, 4.69) is 43.2 Å². The molecule has 0 spiro atoms. The molecule has 2 heterocycles. The Balaban J connectivity index is 1.46. The van der Waals surface area contributed by atoms with Gasteiger partial charge >= 0.3 is 0 Å². The second kappa shape index (κ2) is 7.03. The smallest absolute Gasteiger partial charge is 0.227 e. The van der Waals surface area contributed by atoms with Gasteiger partial charge < -0.3 is 4.90 Å². The summed E-state index contributed by atoms with van der Waals surface area (Å²) in [7, 11) is 0. The molecule has 3 aromatic rings. The summed E-state index contributed by atoms with van der Waals surface area (Å²) in [5, 5.41) is 4.40. The number of rotatable bonds is 4. The molecule has 0 radical (unpaired) electrons. The summed E-state index contributed by atoms with van der Waals surface area (Å²) in [5.74, 6) is 0.545. The van der Waals surface area contributed by atoms with Crippen molar-refractivity contribution in [2.24, 2.45) is 5.41 Å². The summed E-state index contributed by atoms with van der Waals surface area (Å²) in [4.78, 5) is 14.9. The van der Waals surface area contributed by atoms with E-state index in [0.717, 1.165) is 24.3 Å². The predicted octanol–water partition coefficient (Wildman–Crippen LogP) is 4.07. The highest BCUT2D eigenvalue weighted by atomic mass is 16.2. The summed E-state index contributed by atoms with van der Waals surface area (Å²) in [6, 6.07) is 20.5. The molecule has 27 heavy (non-hydrogen) atoms. The largest absolute Gasteiger partial charge is 0.341 e. The molecule has 0 bridgehead atoms. The third kappa shape index (κ3) is 3.65. The molecule has 1 saturated heterocycles. The number of benzene rings is 2. The number of hydrogen-bond donors (Lipinski definition) is 0. The number of para-hydroxylation sites is 1. The Kier molecular flexibility index (Phi) is 4.56. The van der Waals surface area contributed by atoms with Crippen LogP contribution in [0, 0.1) is 5.41 Å². The molecule has 1 aliphatic heterocycles. The Hall–Kier alpha value is -2.88. The number of hydrogen-bond acceptors (Lipinski definition) is 2. The second-order valence-electron chi connectivity index (χ2n) is 8.03. The van der Waals surface area contributed by atoms with E-state index in [4.69, 9.17) is 0 Å². The van der Waals surface area contributed by atoms with E-state index in [1.54, 1.807) is 6.20 Å². The lowest BCUT2D eigenvalue weighted by Crippen LogP contribution is -2.31. The number of nitrogens with zero attached hydrogens (tertiary/aromatic N) is 3. The maximum absolute atomic E-state index is 12.9. The molecule has 0 unspecified atom stereocenters. The van der Waals surface area contributed by atoms with Crippen LogP contribution in [-0.4, -0.2) is 33.7 Å². The maximum atomic E-state index is 12.9. The van der Waals surface area contributed by atoms with Crippen molar-refractivity contribution < 1.29 is 4.79 Å². The molecule has 1 aliphatic rings. The lowest BCUT2D eigenvalue weighted by Gasteiger charge is -2.25. The van der Waals surface area contributed by atoms with E-state index >= 15 is 0 Å². The molecule has 4 nitrogen and oxygen atoms in total. The Morgan fingerprint density at radius 2 is 1.74 bits per heavy atom. The highest BCUT2D eigenvalue weighted by Gasteiger charge is 2.41. The van der Waals surface area contributed by atoms with Crippen LogP contribution in [-0.2, 0) is 11.2 Å². The summed E-state index contributed by atoms with van der Waals surface area (Å²) >= 11 is 0. The Labute approximate surface area is 160 Å². The minimum Gasteiger partial charge on any atom is -0.341 e. The monoisotopic (exact) mass is 359 g/mol. The molecule has 1 fully saturated rings. The van der Waals surface area contributed by atoms with Crippen molar-refractivity contribution in [1.29, 1.82) is 0 Å². The number of likely N-dealkylation sites (tertiary alicyclic amines) is 1. The zero-order valence-electron chi connectivity index (χ0n) is 15.9. The van der Waals surface area contributed by atoms with Crippen LogP contribution in [0.3, 0.4) is 0 Å². The fourth-order valence-corrected chi connectivity index (χ4v) is 4.03. The van der Waals surface area contributed by atoms with Gasteiger partial charge in [0.25, 0.3) is 0 Å².